The summed E-state index contributed by atoms with van der Waals surface area (Å²) in [6, 6.07) is 26.4. The molecule has 4 heteroatoms. The summed E-state index contributed by atoms with van der Waals surface area (Å²) < 4.78 is 29.8. The van der Waals surface area contributed by atoms with Crippen LogP contribution in [0.1, 0.15) is 0 Å². The van der Waals surface area contributed by atoms with E-state index in [1.165, 1.54) is 34.9 Å². The number of hydrogen-bond donors (Lipinski definition) is 0. The minimum Gasteiger partial charge on any atom is -0.256 e. The molecule has 0 saturated heterocycles. The molecule has 0 bridgehead atoms. The molecule has 0 aliphatic carbocycles. The van der Waals surface area contributed by atoms with E-state index in [-0.39, 0.29) is 5.56 Å². The summed E-state index contributed by atoms with van der Waals surface area (Å²) in [5.41, 5.74) is 1.84. The zero-order chi connectivity index (χ0) is 20.9. The van der Waals surface area contributed by atoms with Gasteiger partial charge in [0.1, 0.15) is 11.6 Å². The predicted molar refractivity (Wildman–Crippen MR) is 125 cm³/mol. The molecule has 0 radical (unpaired) electrons. The van der Waals surface area contributed by atoms with Gasteiger partial charge < -0.3 is 0 Å². The van der Waals surface area contributed by atoms with Gasteiger partial charge in [-0.15, -0.1) is 11.3 Å². The number of hydrogen-bond acceptors (Lipinski definition) is 2. The maximum absolute atomic E-state index is 14.4. The molecule has 0 amide bonds. The fourth-order valence-corrected chi connectivity index (χ4v) is 5.39. The largest absolute Gasteiger partial charge is 0.256 e. The van der Waals surface area contributed by atoms with E-state index in [9.17, 15) is 8.78 Å². The molecule has 2 aromatic heterocycles. The van der Waals surface area contributed by atoms with Crippen LogP contribution in [0.4, 0.5) is 8.78 Å². The Labute approximate surface area is 181 Å². The molecule has 6 aromatic rings. The van der Waals surface area contributed by atoms with E-state index in [2.05, 4.69) is 30.3 Å². The van der Waals surface area contributed by atoms with Crippen LogP contribution in [0, 0.1) is 11.6 Å². The molecule has 148 valence electrons. The third kappa shape index (κ3) is 2.83. The molecule has 0 fully saturated rings. The molecule has 0 unspecified atom stereocenters. The first-order chi connectivity index (χ1) is 15.2. The highest BCUT2D eigenvalue weighted by molar-refractivity contribution is 7.22. The maximum Gasteiger partial charge on any atom is 0.134 e. The van der Waals surface area contributed by atoms with Crippen LogP contribution in [0.25, 0.3) is 53.3 Å². The standard InChI is InChI=1S/C27H15F2NS/c28-22-10-5-11-23(29)26(22)25-15-21-24(31-25)12-13-30-27(21)20-14-16-6-1-2-7-17(16)18-8-3-4-9-19(18)20/h1-15H. The van der Waals surface area contributed by atoms with Crippen molar-refractivity contribution in [2.24, 2.45) is 0 Å². The second-order valence-corrected chi connectivity index (χ2v) is 8.55. The van der Waals surface area contributed by atoms with Crippen molar-refractivity contribution in [2.75, 3.05) is 0 Å². The minimum absolute atomic E-state index is 0.0121. The van der Waals surface area contributed by atoms with E-state index in [4.69, 9.17) is 4.98 Å². The topological polar surface area (TPSA) is 12.9 Å². The molecule has 0 aliphatic heterocycles. The van der Waals surface area contributed by atoms with E-state index in [1.807, 2.05) is 36.4 Å². The summed E-state index contributed by atoms with van der Waals surface area (Å²) in [6.07, 6.45) is 1.76. The first-order valence-electron chi connectivity index (χ1n) is 9.94. The minimum atomic E-state index is -0.558. The summed E-state index contributed by atoms with van der Waals surface area (Å²) in [6.45, 7) is 0. The number of aromatic nitrogens is 1. The van der Waals surface area contributed by atoms with Crippen LogP contribution < -0.4 is 0 Å². The summed E-state index contributed by atoms with van der Waals surface area (Å²) in [5, 5.41) is 5.47. The van der Waals surface area contributed by atoms with Gasteiger partial charge in [-0.1, -0.05) is 54.6 Å². The van der Waals surface area contributed by atoms with Crippen molar-refractivity contribution < 1.29 is 8.78 Å². The molecule has 0 atom stereocenters. The van der Waals surface area contributed by atoms with Gasteiger partial charge in [0.05, 0.1) is 11.3 Å². The summed E-state index contributed by atoms with van der Waals surface area (Å²) >= 11 is 1.38. The molecule has 0 aliphatic rings. The van der Waals surface area contributed by atoms with Crippen LogP contribution in [-0.2, 0) is 0 Å². The normalized spacial score (nSPS) is 11.5. The lowest BCUT2D eigenvalue weighted by molar-refractivity contribution is 0.590. The summed E-state index contributed by atoms with van der Waals surface area (Å²) in [7, 11) is 0. The van der Waals surface area contributed by atoms with Gasteiger partial charge in [-0.3, -0.25) is 4.98 Å². The Morgan fingerprint density at radius 2 is 1.35 bits per heavy atom. The molecule has 0 saturated carbocycles. The average molecular weight is 423 g/mol. The SMILES string of the molecule is Fc1cccc(F)c1-c1cc2c(-c3cc4ccccc4c4ccccc34)nccc2s1. The Morgan fingerprint density at radius 1 is 0.645 bits per heavy atom. The van der Waals surface area contributed by atoms with Gasteiger partial charge in [-0.05, 0) is 51.9 Å². The third-order valence-corrected chi connectivity index (χ3v) is 6.80. The first-order valence-corrected chi connectivity index (χ1v) is 10.8. The van der Waals surface area contributed by atoms with Gasteiger partial charge in [0, 0.05) is 26.7 Å². The molecule has 4 aromatic carbocycles. The molecule has 0 N–H and O–H groups in total. The van der Waals surface area contributed by atoms with Crippen molar-refractivity contribution >= 4 is 43.0 Å². The predicted octanol–water partition coefficient (Wildman–Crippen LogP) is 8.21. The van der Waals surface area contributed by atoms with E-state index in [1.54, 1.807) is 6.20 Å². The fraction of sp³-hybridized carbons (Fsp3) is 0. The fourth-order valence-electron chi connectivity index (χ4n) is 4.28. The molecule has 1 nitrogen and oxygen atoms in total. The molecule has 31 heavy (non-hydrogen) atoms. The highest BCUT2D eigenvalue weighted by Gasteiger charge is 2.18. The van der Waals surface area contributed by atoms with Gasteiger partial charge in [-0.25, -0.2) is 8.78 Å². The van der Waals surface area contributed by atoms with Crippen molar-refractivity contribution in [3.8, 4) is 21.7 Å². The van der Waals surface area contributed by atoms with Crippen molar-refractivity contribution in [1.82, 2.24) is 4.98 Å². The van der Waals surface area contributed by atoms with Crippen LogP contribution in [0.15, 0.2) is 91.1 Å². The monoisotopic (exact) mass is 423 g/mol. The van der Waals surface area contributed by atoms with Crippen molar-refractivity contribution in [3.05, 3.63) is 103 Å². The number of fused-ring (bicyclic) bond motifs is 4. The lowest BCUT2D eigenvalue weighted by atomic mass is 9.94. The van der Waals surface area contributed by atoms with Gasteiger partial charge in [-0.2, -0.15) is 0 Å². The van der Waals surface area contributed by atoms with E-state index in [0.29, 0.717) is 4.88 Å². The van der Waals surface area contributed by atoms with Gasteiger partial charge in [0.2, 0.25) is 0 Å². The second-order valence-electron chi connectivity index (χ2n) is 7.47. The lowest BCUT2D eigenvalue weighted by Gasteiger charge is -2.11. The van der Waals surface area contributed by atoms with E-state index < -0.39 is 11.6 Å². The Kier molecular flexibility index (Phi) is 4.08. The second kappa shape index (κ2) is 6.96. The molecular formula is C27H15F2NS. The zero-order valence-corrected chi connectivity index (χ0v) is 17.1. The van der Waals surface area contributed by atoms with Crippen LogP contribution in [0.2, 0.25) is 0 Å². The van der Waals surface area contributed by atoms with Gasteiger partial charge in [0.25, 0.3) is 0 Å². The maximum atomic E-state index is 14.4. The van der Waals surface area contributed by atoms with Crippen LogP contribution in [0.5, 0.6) is 0 Å². The highest BCUT2D eigenvalue weighted by atomic mass is 32.1. The third-order valence-electron chi connectivity index (χ3n) is 5.68. The Bertz CT molecular complexity index is 1600. The number of benzene rings is 4. The van der Waals surface area contributed by atoms with Gasteiger partial charge >= 0.3 is 0 Å². The number of rotatable bonds is 2. The van der Waals surface area contributed by atoms with Crippen LogP contribution >= 0.6 is 11.3 Å². The molecular weight excluding hydrogens is 408 g/mol. The molecule has 6 rings (SSSR count). The van der Waals surface area contributed by atoms with E-state index in [0.717, 1.165) is 37.5 Å². The van der Waals surface area contributed by atoms with Crippen molar-refractivity contribution in [2.45, 2.75) is 0 Å². The van der Waals surface area contributed by atoms with Crippen molar-refractivity contribution in [1.29, 1.82) is 0 Å². The lowest BCUT2D eigenvalue weighted by Crippen LogP contribution is -1.88. The molecule has 0 spiro atoms. The quantitative estimate of drug-likeness (QED) is 0.256. The summed E-state index contributed by atoms with van der Waals surface area (Å²) in [5.74, 6) is -1.12. The van der Waals surface area contributed by atoms with Crippen molar-refractivity contribution in [3.63, 3.8) is 0 Å². The first kappa shape index (κ1) is 18.2. The number of nitrogens with zero attached hydrogens (tertiary/aromatic N) is 1. The average Bonchev–Trinajstić information content (AvgIpc) is 3.22. The Morgan fingerprint density at radius 3 is 2.16 bits per heavy atom. The number of halogens is 2. The highest BCUT2D eigenvalue weighted by Crippen LogP contribution is 2.42. The Balaban J connectivity index is 1.67. The number of thiophene rings is 1. The van der Waals surface area contributed by atoms with Gasteiger partial charge in [0.15, 0.2) is 0 Å². The smallest absolute Gasteiger partial charge is 0.134 e. The summed E-state index contributed by atoms with van der Waals surface area (Å²) in [4.78, 5) is 5.27. The zero-order valence-electron chi connectivity index (χ0n) is 16.3. The number of pyridine rings is 1. The Hall–Kier alpha value is -3.63. The molecule has 2 heterocycles. The van der Waals surface area contributed by atoms with Crippen LogP contribution in [-0.4, -0.2) is 4.98 Å². The van der Waals surface area contributed by atoms with E-state index >= 15 is 0 Å². The van der Waals surface area contributed by atoms with Crippen LogP contribution in [0.3, 0.4) is 0 Å².